The van der Waals surface area contributed by atoms with E-state index in [2.05, 4.69) is 0 Å². The predicted octanol–water partition coefficient (Wildman–Crippen LogP) is 3.07. The Morgan fingerprint density at radius 1 is 1.28 bits per heavy atom. The molecule has 2 rings (SSSR count). The van der Waals surface area contributed by atoms with Gasteiger partial charge < -0.3 is 9.32 Å². The number of hydrogen-bond donors (Lipinski definition) is 0. The number of nitrogens with zero attached hydrogens (tertiary/aromatic N) is 2. The molecule has 0 aliphatic rings. The molecule has 5 heteroatoms. The van der Waals surface area contributed by atoms with Crippen LogP contribution in [0.15, 0.2) is 34.9 Å². The lowest BCUT2D eigenvalue weighted by Gasteiger charge is -2.18. The number of halogens is 2. The van der Waals surface area contributed by atoms with Gasteiger partial charge in [0.2, 0.25) is 0 Å². The van der Waals surface area contributed by atoms with Gasteiger partial charge in [0.15, 0.2) is 11.6 Å². The highest BCUT2D eigenvalue weighted by atomic mass is 19.2. The standard InChI is InChI=1S/C13H10F2N2O/c1-17(8-10-3-2-6-18-10)11-5-4-9(7-16)12(14)13(11)15/h2-6H,8H2,1H3. The van der Waals surface area contributed by atoms with Crippen molar-refractivity contribution in [2.24, 2.45) is 0 Å². The minimum absolute atomic E-state index is 0.0860. The number of hydrogen-bond acceptors (Lipinski definition) is 3. The summed E-state index contributed by atoms with van der Waals surface area (Å²) in [5, 5.41) is 8.59. The van der Waals surface area contributed by atoms with Crippen molar-refractivity contribution < 1.29 is 13.2 Å². The Hall–Kier alpha value is -2.35. The third-order valence-corrected chi connectivity index (χ3v) is 2.57. The Morgan fingerprint density at radius 2 is 2.06 bits per heavy atom. The maximum atomic E-state index is 13.7. The number of nitriles is 1. The number of furan rings is 1. The van der Waals surface area contributed by atoms with E-state index in [9.17, 15) is 8.78 Å². The van der Waals surface area contributed by atoms with Crippen LogP contribution in [0.3, 0.4) is 0 Å². The van der Waals surface area contributed by atoms with Crippen LogP contribution in [0, 0.1) is 23.0 Å². The molecule has 0 radical (unpaired) electrons. The molecular weight excluding hydrogens is 238 g/mol. The van der Waals surface area contributed by atoms with E-state index in [4.69, 9.17) is 9.68 Å². The topological polar surface area (TPSA) is 40.2 Å². The van der Waals surface area contributed by atoms with Gasteiger partial charge in [-0.25, -0.2) is 8.78 Å². The van der Waals surface area contributed by atoms with Crippen molar-refractivity contribution in [1.82, 2.24) is 0 Å². The van der Waals surface area contributed by atoms with E-state index in [0.29, 0.717) is 12.3 Å². The molecule has 0 saturated carbocycles. The molecule has 0 unspecified atom stereocenters. The van der Waals surface area contributed by atoms with Crippen LogP contribution < -0.4 is 4.90 Å². The van der Waals surface area contributed by atoms with Crippen molar-refractivity contribution in [3.05, 3.63) is 53.5 Å². The molecule has 2 aromatic rings. The molecule has 0 fully saturated rings. The third kappa shape index (κ3) is 2.18. The maximum Gasteiger partial charge on any atom is 0.183 e. The number of rotatable bonds is 3. The van der Waals surface area contributed by atoms with Crippen LogP contribution in [-0.4, -0.2) is 7.05 Å². The van der Waals surface area contributed by atoms with E-state index >= 15 is 0 Å². The van der Waals surface area contributed by atoms with Gasteiger partial charge in [-0.2, -0.15) is 5.26 Å². The molecule has 0 N–H and O–H groups in total. The number of benzene rings is 1. The predicted molar refractivity (Wildman–Crippen MR) is 61.9 cm³/mol. The van der Waals surface area contributed by atoms with Gasteiger partial charge in [-0.1, -0.05) is 0 Å². The van der Waals surface area contributed by atoms with Gasteiger partial charge in [0, 0.05) is 7.05 Å². The van der Waals surface area contributed by atoms with Crippen LogP contribution in [0.2, 0.25) is 0 Å². The summed E-state index contributed by atoms with van der Waals surface area (Å²) < 4.78 is 32.3. The highest BCUT2D eigenvalue weighted by Crippen LogP contribution is 2.24. The molecular formula is C13H10F2N2O. The van der Waals surface area contributed by atoms with Gasteiger partial charge in [0.25, 0.3) is 0 Å². The Kier molecular flexibility index (Phi) is 3.28. The lowest BCUT2D eigenvalue weighted by atomic mass is 10.2. The molecule has 92 valence electrons. The quantitative estimate of drug-likeness (QED) is 0.838. The van der Waals surface area contributed by atoms with E-state index in [1.54, 1.807) is 25.2 Å². The second kappa shape index (κ2) is 4.88. The van der Waals surface area contributed by atoms with E-state index in [1.807, 2.05) is 0 Å². The van der Waals surface area contributed by atoms with Gasteiger partial charge in [-0.05, 0) is 24.3 Å². The fraction of sp³-hybridized carbons (Fsp3) is 0.154. The van der Waals surface area contributed by atoms with Gasteiger partial charge in [0.1, 0.15) is 11.8 Å². The molecule has 0 spiro atoms. The second-order valence-corrected chi connectivity index (χ2v) is 3.81. The zero-order chi connectivity index (χ0) is 13.1. The lowest BCUT2D eigenvalue weighted by Crippen LogP contribution is -2.18. The molecule has 0 aliphatic heterocycles. The summed E-state index contributed by atoms with van der Waals surface area (Å²) in [7, 11) is 1.62. The van der Waals surface area contributed by atoms with Crippen molar-refractivity contribution in [1.29, 1.82) is 5.26 Å². The summed E-state index contributed by atoms with van der Waals surface area (Å²) in [4.78, 5) is 1.51. The largest absolute Gasteiger partial charge is 0.467 e. The first-order chi connectivity index (χ1) is 8.63. The van der Waals surface area contributed by atoms with Crippen molar-refractivity contribution in [2.45, 2.75) is 6.54 Å². The van der Waals surface area contributed by atoms with E-state index in [1.165, 1.54) is 23.3 Å². The highest BCUT2D eigenvalue weighted by molar-refractivity contribution is 5.51. The molecule has 0 atom stereocenters. The van der Waals surface area contributed by atoms with Gasteiger partial charge in [0.05, 0.1) is 24.1 Å². The second-order valence-electron chi connectivity index (χ2n) is 3.81. The van der Waals surface area contributed by atoms with Crippen molar-refractivity contribution >= 4 is 5.69 Å². The first-order valence-corrected chi connectivity index (χ1v) is 5.25. The zero-order valence-corrected chi connectivity index (χ0v) is 9.65. The fourth-order valence-corrected chi connectivity index (χ4v) is 1.64. The molecule has 3 nitrogen and oxygen atoms in total. The van der Waals surface area contributed by atoms with E-state index < -0.39 is 11.6 Å². The number of anilines is 1. The van der Waals surface area contributed by atoms with E-state index in [0.717, 1.165) is 0 Å². The molecule has 1 heterocycles. The van der Waals surface area contributed by atoms with Crippen molar-refractivity contribution in [2.75, 3.05) is 11.9 Å². The Labute approximate surface area is 103 Å². The normalized spacial score (nSPS) is 10.1. The maximum absolute atomic E-state index is 13.7. The Morgan fingerprint density at radius 3 is 2.67 bits per heavy atom. The van der Waals surface area contributed by atoms with Crippen LogP contribution in [-0.2, 0) is 6.54 Å². The Bertz CT molecular complexity index is 588. The third-order valence-electron chi connectivity index (χ3n) is 2.57. The summed E-state index contributed by atoms with van der Waals surface area (Å²) in [6.45, 7) is 0.315. The van der Waals surface area contributed by atoms with Crippen LogP contribution in [0.4, 0.5) is 14.5 Å². The van der Waals surface area contributed by atoms with Crippen LogP contribution in [0.5, 0.6) is 0 Å². The molecule has 1 aromatic heterocycles. The first kappa shape index (κ1) is 12.1. The smallest absolute Gasteiger partial charge is 0.183 e. The SMILES string of the molecule is CN(Cc1ccco1)c1ccc(C#N)c(F)c1F. The monoisotopic (exact) mass is 248 g/mol. The average molecular weight is 248 g/mol. The van der Waals surface area contributed by atoms with Crippen molar-refractivity contribution in [3.8, 4) is 6.07 Å². The minimum atomic E-state index is -1.12. The van der Waals surface area contributed by atoms with E-state index in [-0.39, 0.29) is 11.3 Å². The molecule has 0 saturated heterocycles. The molecule has 0 aliphatic carbocycles. The van der Waals surface area contributed by atoms with Gasteiger partial charge in [-0.3, -0.25) is 0 Å². The molecule has 18 heavy (non-hydrogen) atoms. The summed E-state index contributed by atoms with van der Waals surface area (Å²) in [5.41, 5.74) is -0.217. The van der Waals surface area contributed by atoms with Crippen LogP contribution in [0.1, 0.15) is 11.3 Å². The molecule has 1 aromatic carbocycles. The summed E-state index contributed by atoms with van der Waals surface area (Å²) in [6.07, 6.45) is 1.51. The summed E-state index contributed by atoms with van der Waals surface area (Å²) in [6, 6.07) is 7.69. The van der Waals surface area contributed by atoms with Gasteiger partial charge >= 0.3 is 0 Å². The van der Waals surface area contributed by atoms with Gasteiger partial charge in [-0.15, -0.1) is 0 Å². The molecule has 0 bridgehead atoms. The first-order valence-electron chi connectivity index (χ1n) is 5.25. The fourth-order valence-electron chi connectivity index (χ4n) is 1.64. The summed E-state index contributed by atoms with van der Waals surface area (Å²) in [5.74, 6) is -1.51. The summed E-state index contributed by atoms with van der Waals surface area (Å²) >= 11 is 0. The Balaban J connectivity index is 2.29. The highest BCUT2D eigenvalue weighted by Gasteiger charge is 2.16. The average Bonchev–Trinajstić information content (AvgIpc) is 2.85. The van der Waals surface area contributed by atoms with Crippen LogP contribution in [0.25, 0.3) is 0 Å². The lowest BCUT2D eigenvalue weighted by molar-refractivity contribution is 0.492. The van der Waals surface area contributed by atoms with Crippen LogP contribution >= 0.6 is 0 Å². The minimum Gasteiger partial charge on any atom is -0.467 e. The molecule has 0 amide bonds. The zero-order valence-electron chi connectivity index (χ0n) is 9.65. The van der Waals surface area contributed by atoms with Crippen molar-refractivity contribution in [3.63, 3.8) is 0 Å².